The Kier molecular flexibility index (Phi) is 10.3. The number of ether oxygens (including phenoxy) is 1. The molecule has 3 aromatic carbocycles. The van der Waals surface area contributed by atoms with E-state index in [1.807, 2.05) is 24.3 Å². The van der Waals surface area contributed by atoms with Gasteiger partial charge in [0.15, 0.2) is 0 Å². The minimum Gasteiger partial charge on any atom is -0.497 e. The van der Waals surface area contributed by atoms with E-state index in [0.717, 1.165) is 91.2 Å². The first kappa shape index (κ1) is 30.7. The maximum Gasteiger partial charge on any atom is 0.146 e. The van der Waals surface area contributed by atoms with E-state index in [-0.39, 0.29) is 5.82 Å². The summed E-state index contributed by atoms with van der Waals surface area (Å²) in [7, 11) is 1.68. The third-order valence-electron chi connectivity index (χ3n) is 8.86. The Labute approximate surface area is 265 Å². The predicted molar refractivity (Wildman–Crippen MR) is 180 cm³/mol. The summed E-state index contributed by atoms with van der Waals surface area (Å²) < 4.78 is 20.8. The zero-order valence-electron chi connectivity index (χ0n) is 26.0. The summed E-state index contributed by atoms with van der Waals surface area (Å²) in [6, 6.07) is 25.9. The molecule has 45 heavy (non-hydrogen) atoms. The van der Waals surface area contributed by atoms with Gasteiger partial charge in [0.25, 0.3) is 0 Å². The van der Waals surface area contributed by atoms with Crippen molar-refractivity contribution in [2.24, 2.45) is 5.92 Å². The van der Waals surface area contributed by atoms with Gasteiger partial charge in [-0.15, -0.1) is 0 Å². The molecule has 0 aliphatic heterocycles. The molecule has 0 saturated heterocycles. The molecule has 1 saturated carbocycles. The second-order valence-electron chi connectivity index (χ2n) is 12.0. The summed E-state index contributed by atoms with van der Waals surface area (Å²) in [5.74, 6) is 2.18. The van der Waals surface area contributed by atoms with Crippen molar-refractivity contribution in [2.75, 3.05) is 38.6 Å². The van der Waals surface area contributed by atoms with Crippen molar-refractivity contribution in [3.63, 3.8) is 0 Å². The fourth-order valence-corrected chi connectivity index (χ4v) is 6.40. The Morgan fingerprint density at radius 1 is 0.867 bits per heavy atom. The van der Waals surface area contributed by atoms with Gasteiger partial charge in [0.2, 0.25) is 0 Å². The van der Waals surface area contributed by atoms with Crippen molar-refractivity contribution in [2.45, 2.75) is 44.7 Å². The minimum absolute atomic E-state index is 0.179. The third-order valence-corrected chi connectivity index (χ3v) is 8.86. The molecule has 0 radical (unpaired) electrons. The quantitative estimate of drug-likeness (QED) is 0.111. The molecule has 5 aromatic rings. The monoisotopic (exact) mass is 606 g/mol. The number of nitrogens with one attached hydrogen (secondary N) is 3. The highest BCUT2D eigenvalue weighted by Gasteiger charge is 2.28. The summed E-state index contributed by atoms with van der Waals surface area (Å²) >= 11 is 0. The molecule has 2 heterocycles. The van der Waals surface area contributed by atoms with E-state index in [9.17, 15) is 4.39 Å². The highest BCUT2D eigenvalue weighted by Crippen LogP contribution is 2.41. The van der Waals surface area contributed by atoms with Crippen molar-refractivity contribution < 1.29 is 9.13 Å². The fraction of sp³-hybridized carbons (Fsp3) is 0.351. The molecule has 3 N–H and O–H groups in total. The number of fused-ring (bicyclic) bond motifs is 1. The molecule has 2 unspecified atom stereocenters. The molecule has 0 amide bonds. The number of benzene rings is 3. The van der Waals surface area contributed by atoms with Gasteiger partial charge in [-0.2, -0.15) is 0 Å². The molecule has 234 valence electrons. The van der Waals surface area contributed by atoms with Crippen LogP contribution in [0.4, 0.5) is 10.2 Å². The molecule has 0 spiro atoms. The number of hydrogen-bond acceptors (Lipinski definition) is 6. The van der Waals surface area contributed by atoms with Crippen molar-refractivity contribution in [3.8, 4) is 16.9 Å². The van der Waals surface area contributed by atoms with Gasteiger partial charge in [0.05, 0.1) is 12.5 Å². The van der Waals surface area contributed by atoms with Gasteiger partial charge in [-0.05, 0) is 105 Å². The van der Waals surface area contributed by atoms with Gasteiger partial charge in [0.1, 0.15) is 29.4 Å². The summed E-state index contributed by atoms with van der Waals surface area (Å²) in [5, 5.41) is 11.9. The Balaban J connectivity index is 1.05. The van der Waals surface area contributed by atoms with Gasteiger partial charge < -0.3 is 25.3 Å². The first-order valence-electron chi connectivity index (χ1n) is 16.1. The fourth-order valence-electron chi connectivity index (χ4n) is 6.40. The van der Waals surface area contributed by atoms with Crippen LogP contribution in [-0.4, -0.2) is 47.8 Å². The van der Waals surface area contributed by atoms with Crippen molar-refractivity contribution in [3.05, 3.63) is 108 Å². The van der Waals surface area contributed by atoms with Crippen LogP contribution in [0.15, 0.2) is 91.4 Å². The third kappa shape index (κ3) is 7.88. The van der Waals surface area contributed by atoms with Gasteiger partial charge in [0, 0.05) is 24.3 Å². The molecule has 2 aromatic heterocycles. The predicted octanol–water partition coefficient (Wildman–Crippen LogP) is 7.01. The van der Waals surface area contributed by atoms with Crippen LogP contribution in [0, 0.1) is 11.7 Å². The second kappa shape index (κ2) is 15.1. The first-order valence-corrected chi connectivity index (χ1v) is 16.1. The molecule has 1 aliphatic carbocycles. The number of anilines is 1. The number of halogens is 1. The van der Waals surface area contributed by atoms with Crippen LogP contribution in [0.25, 0.3) is 22.2 Å². The van der Waals surface area contributed by atoms with E-state index in [0.29, 0.717) is 18.5 Å². The Morgan fingerprint density at radius 2 is 1.64 bits per heavy atom. The van der Waals surface area contributed by atoms with Gasteiger partial charge >= 0.3 is 0 Å². The largest absolute Gasteiger partial charge is 0.497 e. The van der Waals surface area contributed by atoms with E-state index in [1.165, 1.54) is 24.1 Å². The summed E-state index contributed by atoms with van der Waals surface area (Å²) in [6.07, 6.45) is 9.49. The number of nitrogens with zero attached hydrogens (tertiary/aromatic N) is 3. The average molecular weight is 607 g/mol. The van der Waals surface area contributed by atoms with Crippen LogP contribution in [-0.2, 0) is 13.0 Å². The number of methoxy groups -OCH3 is 1. The average Bonchev–Trinajstić information content (AvgIpc) is 3.72. The van der Waals surface area contributed by atoms with Gasteiger partial charge in [-0.3, -0.25) is 0 Å². The Bertz CT molecular complexity index is 1640. The van der Waals surface area contributed by atoms with Crippen molar-refractivity contribution in [1.29, 1.82) is 0 Å². The lowest BCUT2D eigenvalue weighted by atomic mass is 10.1. The van der Waals surface area contributed by atoms with Crippen LogP contribution < -0.4 is 20.7 Å². The SMILES string of the molecule is COc1ccc(CNc2ncnc3c2c(-c2ccccc2)cn3C2CCC(CNCCCNCCc3ccc(F)cc3)C2)cc1. The lowest BCUT2D eigenvalue weighted by Gasteiger charge is -2.15. The molecule has 2 atom stereocenters. The van der Waals surface area contributed by atoms with Crippen LogP contribution in [0.5, 0.6) is 5.75 Å². The summed E-state index contributed by atoms with van der Waals surface area (Å²) in [5.41, 5.74) is 5.65. The Hall–Kier alpha value is -4.27. The lowest BCUT2D eigenvalue weighted by Crippen LogP contribution is -2.26. The molecule has 1 aliphatic rings. The standard InChI is InChI=1S/C37H43FN6O/c1-45-33-16-11-28(12-17-33)24-41-36-35-34(30-6-3-2-4-7-30)25-44(37(35)43-26-42-36)32-15-10-29(22-32)23-40-20-5-19-39-21-18-27-8-13-31(38)14-9-27/h2-4,6-9,11-14,16-17,25-26,29,32,39-40H,5,10,15,18-24H2,1H3,(H,41,42,43). The van der Waals surface area contributed by atoms with Crippen molar-refractivity contribution >= 4 is 16.9 Å². The maximum absolute atomic E-state index is 13.1. The van der Waals surface area contributed by atoms with Gasteiger partial charge in [-0.1, -0.05) is 54.6 Å². The number of hydrogen-bond donors (Lipinski definition) is 3. The van der Waals surface area contributed by atoms with E-state index < -0.39 is 0 Å². The molecule has 6 rings (SSSR count). The molecular formula is C37H43FN6O. The first-order chi connectivity index (χ1) is 22.2. The zero-order chi connectivity index (χ0) is 30.8. The maximum atomic E-state index is 13.1. The van der Waals surface area contributed by atoms with Crippen LogP contribution in [0.3, 0.4) is 0 Å². The summed E-state index contributed by atoms with van der Waals surface area (Å²) in [4.78, 5) is 9.53. The topological polar surface area (TPSA) is 76.0 Å². The number of rotatable bonds is 15. The highest BCUT2D eigenvalue weighted by atomic mass is 19.1. The lowest BCUT2D eigenvalue weighted by molar-refractivity contribution is 0.414. The van der Waals surface area contributed by atoms with Crippen LogP contribution in [0.1, 0.15) is 42.9 Å². The molecule has 7 nitrogen and oxygen atoms in total. The number of aromatic nitrogens is 3. The molecular weight excluding hydrogens is 563 g/mol. The second-order valence-corrected chi connectivity index (χ2v) is 12.0. The highest BCUT2D eigenvalue weighted by molar-refractivity contribution is 6.01. The Morgan fingerprint density at radius 3 is 2.44 bits per heavy atom. The van der Waals surface area contributed by atoms with Crippen LogP contribution in [0.2, 0.25) is 0 Å². The van der Waals surface area contributed by atoms with E-state index >= 15 is 0 Å². The van der Waals surface area contributed by atoms with E-state index in [2.05, 4.69) is 69.2 Å². The van der Waals surface area contributed by atoms with Crippen molar-refractivity contribution in [1.82, 2.24) is 25.2 Å². The molecule has 8 heteroatoms. The van der Waals surface area contributed by atoms with E-state index in [1.54, 1.807) is 13.4 Å². The molecule has 0 bridgehead atoms. The molecule has 1 fully saturated rings. The van der Waals surface area contributed by atoms with E-state index in [4.69, 9.17) is 14.7 Å². The summed E-state index contributed by atoms with van der Waals surface area (Å²) in [6.45, 7) is 4.60. The van der Waals surface area contributed by atoms with Crippen LogP contribution >= 0.6 is 0 Å². The zero-order valence-corrected chi connectivity index (χ0v) is 26.0. The van der Waals surface area contributed by atoms with Gasteiger partial charge in [-0.25, -0.2) is 14.4 Å². The smallest absolute Gasteiger partial charge is 0.146 e. The normalized spacial score (nSPS) is 16.3. The minimum atomic E-state index is -0.179.